The molecule has 0 aliphatic rings. The monoisotopic (exact) mass is 565 g/mol. The second-order valence-electron chi connectivity index (χ2n) is 11.6. The zero-order valence-corrected chi connectivity index (χ0v) is 26.9. The molecule has 4 nitrogen and oxygen atoms in total. The Balaban J connectivity index is 3.42. The minimum absolute atomic E-state index is 0.174. The quantitative estimate of drug-likeness (QED) is 0.0501. The van der Waals surface area contributed by atoms with Crippen molar-refractivity contribution in [1.29, 1.82) is 0 Å². The molecule has 0 aromatic rings. The number of hydrogen-bond donors (Lipinski definition) is 1. The van der Waals surface area contributed by atoms with Crippen LogP contribution in [0.25, 0.3) is 0 Å². The van der Waals surface area contributed by atoms with Gasteiger partial charge >= 0.3 is 5.97 Å². The van der Waals surface area contributed by atoms with E-state index in [0.717, 1.165) is 25.7 Å². The predicted molar refractivity (Wildman–Crippen MR) is 173 cm³/mol. The van der Waals surface area contributed by atoms with E-state index in [1.54, 1.807) is 0 Å². The van der Waals surface area contributed by atoms with Crippen LogP contribution in [0.2, 0.25) is 0 Å². The van der Waals surface area contributed by atoms with Crippen LogP contribution in [0.4, 0.5) is 0 Å². The lowest BCUT2D eigenvalue weighted by Gasteiger charge is -2.15. The summed E-state index contributed by atoms with van der Waals surface area (Å²) in [6.45, 7) is 5.27. The molecule has 0 fully saturated rings. The first-order chi connectivity index (χ1) is 19.7. The largest absolute Gasteiger partial charge is 0.457 e. The summed E-state index contributed by atoms with van der Waals surface area (Å²) in [5.41, 5.74) is 0. The van der Waals surface area contributed by atoms with Crippen molar-refractivity contribution >= 4 is 5.97 Å². The summed E-state index contributed by atoms with van der Waals surface area (Å²) < 4.78 is 11.1. The first kappa shape index (κ1) is 38.9. The Bertz CT molecular complexity index is 557. The molecule has 0 rings (SSSR count). The van der Waals surface area contributed by atoms with Gasteiger partial charge in [0, 0.05) is 13.0 Å². The second-order valence-corrected chi connectivity index (χ2v) is 11.6. The number of aliphatic hydroxyl groups is 1. The van der Waals surface area contributed by atoms with Gasteiger partial charge in [-0.25, -0.2) is 0 Å². The Morgan fingerprint density at radius 3 is 1.52 bits per heavy atom. The Hall–Kier alpha value is -1.13. The molecule has 4 heteroatoms. The lowest BCUT2D eigenvalue weighted by molar-refractivity contribution is -0.154. The first-order valence-electron chi connectivity index (χ1n) is 17.4. The van der Waals surface area contributed by atoms with Gasteiger partial charge in [-0.2, -0.15) is 0 Å². The van der Waals surface area contributed by atoms with E-state index in [2.05, 4.69) is 38.2 Å². The maximum Gasteiger partial charge on any atom is 0.306 e. The van der Waals surface area contributed by atoms with E-state index in [0.29, 0.717) is 19.6 Å². The van der Waals surface area contributed by atoms with Gasteiger partial charge in [0.1, 0.15) is 6.10 Å². The van der Waals surface area contributed by atoms with Gasteiger partial charge in [0.05, 0.1) is 13.2 Å². The molecule has 1 atom stereocenters. The van der Waals surface area contributed by atoms with E-state index in [1.165, 1.54) is 128 Å². The maximum absolute atomic E-state index is 12.1. The summed E-state index contributed by atoms with van der Waals surface area (Å²) in [6.07, 6.45) is 39.3. The molecule has 0 bridgehead atoms. The Morgan fingerprint density at radius 1 is 0.575 bits per heavy atom. The highest BCUT2D eigenvalue weighted by molar-refractivity contribution is 5.69. The van der Waals surface area contributed by atoms with Gasteiger partial charge in [0.15, 0.2) is 0 Å². The SMILES string of the molecule is CCC/C=C\CCCCCCCC(=O)OC(CO)COCCCCCCCCCC/C=C\CCCCCCCC. The molecule has 0 spiro atoms. The van der Waals surface area contributed by atoms with E-state index < -0.39 is 6.10 Å². The maximum atomic E-state index is 12.1. The number of ether oxygens (including phenoxy) is 2. The topological polar surface area (TPSA) is 55.8 Å². The smallest absolute Gasteiger partial charge is 0.306 e. The highest BCUT2D eigenvalue weighted by Crippen LogP contribution is 2.12. The first-order valence-corrected chi connectivity index (χ1v) is 17.4. The second kappa shape index (κ2) is 34.1. The number of unbranched alkanes of at least 4 members (excludes halogenated alkanes) is 20. The number of aliphatic hydroxyl groups excluding tert-OH is 1. The van der Waals surface area contributed by atoms with E-state index >= 15 is 0 Å². The van der Waals surface area contributed by atoms with Gasteiger partial charge < -0.3 is 14.6 Å². The summed E-state index contributed by atoms with van der Waals surface area (Å²) >= 11 is 0. The standard InChI is InChI=1S/C36H68O4/c1-3-5-7-9-11-13-15-16-17-18-19-20-21-22-24-26-28-30-32-39-34-35(33-37)40-36(38)31-29-27-25-23-14-12-10-8-6-4-2/h8,10,16-17,35,37H,3-7,9,11-15,18-34H2,1-2H3/b10-8-,17-16-. The van der Waals surface area contributed by atoms with Gasteiger partial charge in [-0.05, 0) is 57.8 Å². The third-order valence-corrected chi connectivity index (χ3v) is 7.48. The summed E-state index contributed by atoms with van der Waals surface area (Å²) in [5.74, 6) is -0.214. The van der Waals surface area contributed by atoms with Crippen LogP contribution in [-0.4, -0.2) is 37.0 Å². The Morgan fingerprint density at radius 2 is 1.02 bits per heavy atom. The van der Waals surface area contributed by atoms with Crippen LogP contribution in [0.15, 0.2) is 24.3 Å². The normalized spacial score (nSPS) is 12.6. The number of esters is 1. The zero-order valence-electron chi connectivity index (χ0n) is 26.9. The van der Waals surface area contributed by atoms with Crippen molar-refractivity contribution in [2.45, 2.75) is 180 Å². The van der Waals surface area contributed by atoms with Crippen LogP contribution in [0.5, 0.6) is 0 Å². The van der Waals surface area contributed by atoms with Gasteiger partial charge in [0.2, 0.25) is 0 Å². The molecule has 1 unspecified atom stereocenters. The van der Waals surface area contributed by atoms with Crippen molar-refractivity contribution in [3.8, 4) is 0 Å². The van der Waals surface area contributed by atoms with Crippen molar-refractivity contribution in [1.82, 2.24) is 0 Å². The van der Waals surface area contributed by atoms with Crippen LogP contribution in [0.3, 0.4) is 0 Å². The fourth-order valence-electron chi connectivity index (χ4n) is 4.85. The molecule has 0 aromatic heterocycles. The van der Waals surface area contributed by atoms with Crippen molar-refractivity contribution < 1.29 is 19.4 Å². The molecule has 0 aromatic carbocycles. The van der Waals surface area contributed by atoms with Gasteiger partial charge in [0.25, 0.3) is 0 Å². The molecule has 0 aliphatic carbocycles. The number of carbonyl (C=O) groups is 1. The van der Waals surface area contributed by atoms with E-state index in [1.807, 2.05) is 0 Å². The number of hydrogen-bond acceptors (Lipinski definition) is 4. The molecule has 0 saturated heterocycles. The average molecular weight is 565 g/mol. The minimum atomic E-state index is -0.534. The number of carbonyl (C=O) groups excluding carboxylic acids is 1. The molecule has 0 amide bonds. The molecule has 0 aliphatic heterocycles. The average Bonchev–Trinajstić information content (AvgIpc) is 2.96. The fraction of sp³-hybridized carbons (Fsp3) is 0.861. The Kier molecular flexibility index (Phi) is 33.1. The van der Waals surface area contributed by atoms with E-state index in [4.69, 9.17) is 9.47 Å². The van der Waals surface area contributed by atoms with Gasteiger partial charge in [-0.15, -0.1) is 0 Å². The zero-order chi connectivity index (χ0) is 29.2. The van der Waals surface area contributed by atoms with Crippen molar-refractivity contribution in [3.05, 3.63) is 24.3 Å². The number of allylic oxidation sites excluding steroid dienone is 4. The van der Waals surface area contributed by atoms with E-state index in [-0.39, 0.29) is 12.6 Å². The van der Waals surface area contributed by atoms with Crippen molar-refractivity contribution in [3.63, 3.8) is 0 Å². The van der Waals surface area contributed by atoms with Crippen LogP contribution in [-0.2, 0) is 14.3 Å². The van der Waals surface area contributed by atoms with Crippen LogP contribution >= 0.6 is 0 Å². The molecule has 1 N–H and O–H groups in total. The van der Waals surface area contributed by atoms with Crippen molar-refractivity contribution in [2.75, 3.05) is 19.8 Å². The summed E-state index contributed by atoms with van der Waals surface area (Å²) in [4.78, 5) is 12.1. The molecular formula is C36H68O4. The van der Waals surface area contributed by atoms with Crippen LogP contribution < -0.4 is 0 Å². The third kappa shape index (κ3) is 31.4. The molecule has 0 radical (unpaired) electrons. The summed E-state index contributed by atoms with van der Waals surface area (Å²) in [5, 5.41) is 9.51. The highest BCUT2D eigenvalue weighted by atomic mass is 16.6. The highest BCUT2D eigenvalue weighted by Gasteiger charge is 2.13. The van der Waals surface area contributed by atoms with Gasteiger partial charge in [-0.1, -0.05) is 134 Å². The molecule has 236 valence electrons. The summed E-state index contributed by atoms with van der Waals surface area (Å²) in [7, 11) is 0. The molecule has 40 heavy (non-hydrogen) atoms. The fourth-order valence-corrected chi connectivity index (χ4v) is 4.85. The minimum Gasteiger partial charge on any atom is -0.457 e. The lowest BCUT2D eigenvalue weighted by atomic mass is 10.1. The lowest BCUT2D eigenvalue weighted by Crippen LogP contribution is -2.27. The van der Waals surface area contributed by atoms with Crippen LogP contribution in [0, 0.1) is 0 Å². The van der Waals surface area contributed by atoms with Gasteiger partial charge in [-0.3, -0.25) is 4.79 Å². The van der Waals surface area contributed by atoms with E-state index in [9.17, 15) is 9.90 Å². The molecule has 0 heterocycles. The van der Waals surface area contributed by atoms with Crippen LogP contribution in [0.1, 0.15) is 174 Å². The predicted octanol–water partition coefficient (Wildman–Crippen LogP) is 10.8. The number of rotatable bonds is 32. The third-order valence-electron chi connectivity index (χ3n) is 7.48. The summed E-state index contributed by atoms with van der Waals surface area (Å²) in [6, 6.07) is 0. The molecular weight excluding hydrogens is 496 g/mol. The molecule has 0 saturated carbocycles. The Labute approximate surface area is 249 Å². The van der Waals surface area contributed by atoms with Crippen molar-refractivity contribution in [2.24, 2.45) is 0 Å².